The highest BCUT2D eigenvalue weighted by molar-refractivity contribution is 7.17. The zero-order chi connectivity index (χ0) is 19.6. The smallest absolute Gasteiger partial charge is 0.147 e. The summed E-state index contributed by atoms with van der Waals surface area (Å²) in [5.41, 5.74) is 3.72. The van der Waals surface area contributed by atoms with Gasteiger partial charge in [0.15, 0.2) is 0 Å². The molecule has 0 bridgehead atoms. The van der Waals surface area contributed by atoms with E-state index >= 15 is 0 Å². The number of hydrogen-bond acceptors (Lipinski definition) is 5. The predicted octanol–water partition coefficient (Wildman–Crippen LogP) is 4.70. The second-order valence-corrected chi connectivity index (χ2v) is 9.19. The SMILES string of the molecule is CCN1CCN(c2nc(-c3ccc(CN4CCCC4)cc3)cc3ccsc23)CC1. The Morgan fingerprint density at radius 3 is 2.38 bits per heavy atom. The van der Waals surface area contributed by atoms with Gasteiger partial charge in [0, 0.05) is 38.3 Å². The lowest BCUT2D eigenvalue weighted by molar-refractivity contribution is 0.271. The van der Waals surface area contributed by atoms with Gasteiger partial charge in [0.2, 0.25) is 0 Å². The third-order valence-electron chi connectivity index (χ3n) is 6.39. The molecule has 0 spiro atoms. The lowest BCUT2D eigenvalue weighted by Gasteiger charge is -2.35. The molecule has 0 N–H and O–H groups in total. The van der Waals surface area contributed by atoms with E-state index in [1.54, 1.807) is 0 Å². The molecule has 4 heterocycles. The van der Waals surface area contributed by atoms with Gasteiger partial charge in [-0.15, -0.1) is 11.3 Å². The monoisotopic (exact) mass is 406 g/mol. The second kappa shape index (κ2) is 8.42. The maximum absolute atomic E-state index is 5.16. The van der Waals surface area contributed by atoms with E-state index in [0.29, 0.717) is 0 Å². The minimum absolute atomic E-state index is 1.06. The van der Waals surface area contributed by atoms with Crippen LogP contribution in [0.15, 0.2) is 41.8 Å². The van der Waals surface area contributed by atoms with Crippen LogP contribution in [0.2, 0.25) is 0 Å². The van der Waals surface area contributed by atoms with Gasteiger partial charge < -0.3 is 9.80 Å². The molecule has 2 aliphatic rings. The number of piperazine rings is 1. The first kappa shape index (κ1) is 19.0. The molecule has 1 aromatic carbocycles. The Balaban J connectivity index is 1.41. The zero-order valence-corrected chi connectivity index (χ0v) is 18.1. The standard InChI is InChI=1S/C24H30N4S/c1-2-26-12-14-28(15-13-26)24-23-21(9-16-29-23)17-22(25-24)20-7-5-19(6-8-20)18-27-10-3-4-11-27/h5-9,16-17H,2-4,10-15,18H2,1H3. The van der Waals surface area contributed by atoms with Crippen LogP contribution in [0.4, 0.5) is 5.82 Å². The lowest BCUT2D eigenvalue weighted by atomic mass is 10.1. The molecular weight excluding hydrogens is 376 g/mol. The number of fused-ring (bicyclic) bond motifs is 1. The number of nitrogens with zero attached hydrogens (tertiary/aromatic N) is 4. The molecule has 0 unspecified atom stereocenters. The Morgan fingerprint density at radius 1 is 0.897 bits per heavy atom. The molecule has 0 radical (unpaired) electrons. The summed E-state index contributed by atoms with van der Waals surface area (Å²) in [5.74, 6) is 1.17. The topological polar surface area (TPSA) is 22.6 Å². The number of likely N-dealkylation sites (tertiary alicyclic amines) is 1. The van der Waals surface area contributed by atoms with Crippen molar-refractivity contribution >= 4 is 27.2 Å². The molecule has 2 aromatic heterocycles. The fraction of sp³-hybridized carbons (Fsp3) is 0.458. The molecule has 5 heteroatoms. The van der Waals surface area contributed by atoms with Crippen molar-refractivity contribution in [2.75, 3.05) is 50.7 Å². The van der Waals surface area contributed by atoms with Crippen LogP contribution < -0.4 is 4.90 Å². The molecule has 2 fully saturated rings. The van der Waals surface area contributed by atoms with Gasteiger partial charge >= 0.3 is 0 Å². The van der Waals surface area contributed by atoms with Gasteiger partial charge in [0.05, 0.1) is 10.4 Å². The van der Waals surface area contributed by atoms with Crippen molar-refractivity contribution in [3.8, 4) is 11.3 Å². The molecule has 4 nitrogen and oxygen atoms in total. The Hall–Kier alpha value is -1.95. The average Bonchev–Trinajstić information content (AvgIpc) is 3.45. The fourth-order valence-electron chi connectivity index (χ4n) is 4.58. The largest absolute Gasteiger partial charge is 0.353 e. The quantitative estimate of drug-likeness (QED) is 0.612. The number of pyridine rings is 1. The van der Waals surface area contributed by atoms with E-state index in [1.807, 2.05) is 11.3 Å². The molecular formula is C24H30N4S. The van der Waals surface area contributed by atoms with Crippen molar-refractivity contribution in [3.05, 3.63) is 47.3 Å². The minimum atomic E-state index is 1.06. The molecule has 3 aromatic rings. The van der Waals surface area contributed by atoms with Crippen LogP contribution in [0, 0.1) is 0 Å². The van der Waals surface area contributed by atoms with Crippen molar-refractivity contribution in [3.63, 3.8) is 0 Å². The van der Waals surface area contributed by atoms with E-state index in [9.17, 15) is 0 Å². The zero-order valence-electron chi connectivity index (χ0n) is 17.3. The van der Waals surface area contributed by atoms with E-state index in [2.05, 4.69) is 63.4 Å². The van der Waals surface area contributed by atoms with Crippen LogP contribution in [0.25, 0.3) is 21.3 Å². The summed E-state index contributed by atoms with van der Waals surface area (Å²) in [4.78, 5) is 12.7. The molecule has 0 aliphatic carbocycles. The van der Waals surface area contributed by atoms with E-state index < -0.39 is 0 Å². The molecule has 152 valence electrons. The van der Waals surface area contributed by atoms with Crippen molar-refractivity contribution < 1.29 is 0 Å². The third kappa shape index (κ3) is 4.04. The van der Waals surface area contributed by atoms with Crippen molar-refractivity contribution in [2.45, 2.75) is 26.3 Å². The van der Waals surface area contributed by atoms with Crippen LogP contribution in [0.3, 0.4) is 0 Å². The number of aromatic nitrogens is 1. The van der Waals surface area contributed by atoms with Gasteiger partial charge in [0.25, 0.3) is 0 Å². The molecule has 0 atom stereocenters. The Kier molecular flexibility index (Phi) is 5.53. The van der Waals surface area contributed by atoms with Gasteiger partial charge in [-0.2, -0.15) is 0 Å². The fourth-order valence-corrected chi connectivity index (χ4v) is 5.47. The van der Waals surface area contributed by atoms with Crippen LogP contribution in [-0.2, 0) is 6.54 Å². The summed E-state index contributed by atoms with van der Waals surface area (Å²) < 4.78 is 1.32. The number of thiophene rings is 1. The van der Waals surface area contributed by atoms with Crippen LogP contribution in [0.1, 0.15) is 25.3 Å². The Bertz CT molecular complexity index is 951. The summed E-state index contributed by atoms with van der Waals surface area (Å²) in [6, 6.07) is 13.6. The molecule has 2 saturated heterocycles. The molecule has 5 rings (SSSR count). The number of anilines is 1. The highest BCUT2D eigenvalue weighted by atomic mass is 32.1. The van der Waals surface area contributed by atoms with Gasteiger partial charge in [-0.3, -0.25) is 4.90 Å². The van der Waals surface area contributed by atoms with Gasteiger partial charge in [-0.25, -0.2) is 4.98 Å². The number of rotatable bonds is 5. The van der Waals surface area contributed by atoms with E-state index in [1.165, 1.54) is 53.0 Å². The average molecular weight is 407 g/mol. The summed E-state index contributed by atoms with van der Waals surface area (Å²) >= 11 is 1.81. The first-order valence-electron chi connectivity index (χ1n) is 11.0. The summed E-state index contributed by atoms with van der Waals surface area (Å²) in [5, 5.41) is 3.51. The van der Waals surface area contributed by atoms with Crippen molar-refractivity contribution in [1.82, 2.24) is 14.8 Å². The molecule has 2 aliphatic heterocycles. The lowest BCUT2D eigenvalue weighted by Crippen LogP contribution is -2.46. The maximum atomic E-state index is 5.16. The predicted molar refractivity (Wildman–Crippen MR) is 124 cm³/mol. The summed E-state index contributed by atoms with van der Waals surface area (Å²) in [7, 11) is 0. The number of likely N-dealkylation sites (N-methyl/N-ethyl adjacent to an activating group) is 1. The van der Waals surface area contributed by atoms with Crippen molar-refractivity contribution in [1.29, 1.82) is 0 Å². The molecule has 0 saturated carbocycles. The van der Waals surface area contributed by atoms with Gasteiger partial charge in [-0.05, 0) is 60.9 Å². The number of hydrogen-bond donors (Lipinski definition) is 0. The summed E-state index contributed by atoms with van der Waals surface area (Å²) in [6.07, 6.45) is 2.69. The van der Waals surface area contributed by atoms with E-state index in [0.717, 1.165) is 45.0 Å². The minimum Gasteiger partial charge on any atom is -0.353 e. The molecule has 29 heavy (non-hydrogen) atoms. The summed E-state index contributed by atoms with van der Waals surface area (Å²) in [6.45, 7) is 11.3. The van der Waals surface area contributed by atoms with Gasteiger partial charge in [0.1, 0.15) is 5.82 Å². The second-order valence-electron chi connectivity index (χ2n) is 8.27. The first-order valence-corrected chi connectivity index (χ1v) is 11.9. The van der Waals surface area contributed by atoms with E-state index in [-0.39, 0.29) is 0 Å². The van der Waals surface area contributed by atoms with Crippen LogP contribution in [0.5, 0.6) is 0 Å². The first-order chi connectivity index (χ1) is 14.3. The highest BCUT2D eigenvalue weighted by Gasteiger charge is 2.20. The Labute approximate surface area is 177 Å². The van der Waals surface area contributed by atoms with Gasteiger partial charge in [-0.1, -0.05) is 31.2 Å². The third-order valence-corrected chi connectivity index (χ3v) is 7.32. The Morgan fingerprint density at radius 2 is 1.66 bits per heavy atom. The van der Waals surface area contributed by atoms with Crippen molar-refractivity contribution in [2.24, 2.45) is 0 Å². The number of benzene rings is 1. The van der Waals surface area contributed by atoms with E-state index in [4.69, 9.17) is 4.98 Å². The van der Waals surface area contributed by atoms with Crippen LogP contribution in [-0.4, -0.2) is 60.6 Å². The maximum Gasteiger partial charge on any atom is 0.147 e. The van der Waals surface area contributed by atoms with Crippen LogP contribution >= 0.6 is 11.3 Å². The molecule has 0 amide bonds. The highest BCUT2D eigenvalue weighted by Crippen LogP contribution is 2.34. The normalized spacial score (nSPS) is 18.7.